The third-order valence-electron chi connectivity index (χ3n) is 4.46. The predicted octanol–water partition coefficient (Wildman–Crippen LogP) is 3.66. The highest BCUT2D eigenvalue weighted by Gasteiger charge is 2.19. The number of urea groups is 1. The summed E-state index contributed by atoms with van der Waals surface area (Å²) in [4.78, 5) is 14.0. The van der Waals surface area contributed by atoms with Gasteiger partial charge in [0.1, 0.15) is 12.4 Å². The Hall–Kier alpha value is -2.23. The molecule has 122 valence electrons. The van der Waals surface area contributed by atoms with Crippen molar-refractivity contribution < 1.29 is 9.53 Å². The van der Waals surface area contributed by atoms with Crippen LogP contribution in [-0.4, -0.2) is 37.2 Å². The smallest absolute Gasteiger partial charge is 0.317 e. The third kappa shape index (κ3) is 3.95. The fourth-order valence-electron chi connectivity index (χ4n) is 2.96. The number of nitrogens with zero attached hydrogens (tertiary/aromatic N) is 1. The molecule has 4 heteroatoms. The maximum Gasteiger partial charge on any atom is 0.317 e. The Balaban J connectivity index is 1.47. The van der Waals surface area contributed by atoms with E-state index in [1.54, 1.807) is 0 Å². The van der Waals surface area contributed by atoms with Gasteiger partial charge in [-0.3, -0.25) is 0 Å². The molecular weight excluding hydrogens is 288 g/mol. The van der Waals surface area contributed by atoms with Gasteiger partial charge in [-0.1, -0.05) is 43.3 Å². The van der Waals surface area contributed by atoms with Crippen molar-refractivity contribution in [2.45, 2.75) is 19.8 Å². The van der Waals surface area contributed by atoms with Crippen molar-refractivity contribution in [3.8, 4) is 5.75 Å². The number of nitrogens with one attached hydrogen (secondary N) is 1. The molecule has 1 aliphatic heterocycles. The number of hydrogen-bond donors (Lipinski definition) is 1. The molecule has 4 nitrogen and oxygen atoms in total. The molecule has 0 spiro atoms. The van der Waals surface area contributed by atoms with E-state index in [1.807, 2.05) is 29.2 Å². The first-order valence-corrected chi connectivity index (χ1v) is 8.37. The first-order chi connectivity index (χ1) is 11.2. The van der Waals surface area contributed by atoms with Crippen LogP contribution in [0.1, 0.15) is 19.8 Å². The van der Waals surface area contributed by atoms with E-state index in [1.165, 1.54) is 0 Å². The van der Waals surface area contributed by atoms with E-state index >= 15 is 0 Å². The van der Waals surface area contributed by atoms with Gasteiger partial charge in [0.05, 0.1) is 6.54 Å². The van der Waals surface area contributed by atoms with E-state index in [9.17, 15) is 4.79 Å². The highest BCUT2D eigenvalue weighted by molar-refractivity contribution is 5.88. The number of carbonyl (C=O) groups excluding carboxylic acids is 1. The molecule has 2 aromatic carbocycles. The van der Waals surface area contributed by atoms with E-state index in [0.29, 0.717) is 13.2 Å². The summed E-state index contributed by atoms with van der Waals surface area (Å²) < 4.78 is 5.84. The maximum absolute atomic E-state index is 12.1. The summed E-state index contributed by atoms with van der Waals surface area (Å²) in [6.07, 6.45) is 2.19. The molecule has 2 aromatic rings. The van der Waals surface area contributed by atoms with Crippen LogP contribution in [0.2, 0.25) is 0 Å². The molecule has 2 amide bonds. The quantitative estimate of drug-likeness (QED) is 0.875. The number of rotatable bonds is 4. The van der Waals surface area contributed by atoms with E-state index in [-0.39, 0.29) is 6.03 Å². The van der Waals surface area contributed by atoms with Crippen LogP contribution in [0.15, 0.2) is 42.5 Å². The summed E-state index contributed by atoms with van der Waals surface area (Å²) in [5, 5.41) is 5.21. The Bertz CT molecular complexity index is 658. The second-order valence-electron chi connectivity index (χ2n) is 6.23. The molecule has 1 saturated heterocycles. The number of piperidine rings is 1. The van der Waals surface area contributed by atoms with Crippen molar-refractivity contribution in [2.75, 3.05) is 26.2 Å². The summed E-state index contributed by atoms with van der Waals surface area (Å²) in [6, 6.07) is 14.2. The standard InChI is InChI=1S/C19H24N2O2/c1-15-9-12-21(13-10-15)19(22)20-11-14-23-18-8-4-6-16-5-2-3-7-17(16)18/h2-8,15H,9-14H2,1H3,(H,20,22). The zero-order chi connectivity index (χ0) is 16.1. The van der Waals surface area contributed by atoms with Crippen LogP contribution in [0.3, 0.4) is 0 Å². The molecule has 0 radical (unpaired) electrons. The second kappa shape index (κ2) is 7.36. The molecule has 0 atom stereocenters. The monoisotopic (exact) mass is 312 g/mol. The van der Waals surface area contributed by atoms with E-state index in [4.69, 9.17) is 4.74 Å². The van der Waals surface area contributed by atoms with Crippen LogP contribution >= 0.6 is 0 Å². The SMILES string of the molecule is CC1CCN(C(=O)NCCOc2cccc3ccccc23)CC1. The summed E-state index contributed by atoms with van der Waals surface area (Å²) in [7, 11) is 0. The number of ether oxygens (including phenoxy) is 1. The van der Waals surface area contributed by atoms with Gasteiger partial charge >= 0.3 is 6.03 Å². The van der Waals surface area contributed by atoms with Crippen molar-refractivity contribution in [2.24, 2.45) is 5.92 Å². The molecule has 3 rings (SSSR count). The normalized spacial score (nSPS) is 15.6. The Labute approximate surface area is 137 Å². The zero-order valence-corrected chi connectivity index (χ0v) is 13.6. The molecule has 0 bridgehead atoms. The number of benzene rings is 2. The topological polar surface area (TPSA) is 41.6 Å². The summed E-state index contributed by atoms with van der Waals surface area (Å²) in [5.74, 6) is 1.60. The molecular formula is C19H24N2O2. The largest absolute Gasteiger partial charge is 0.491 e. The molecule has 1 fully saturated rings. The minimum absolute atomic E-state index is 0.0263. The van der Waals surface area contributed by atoms with Crippen LogP contribution in [0.5, 0.6) is 5.75 Å². The molecule has 0 aliphatic carbocycles. The van der Waals surface area contributed by atoms with E-state index in [0.717, 1.165) is 48.4 Å². The lowest BCUT2D eigenvalue weighted by molar-refractivity contribution is 0.172. The lowest BCUT2D eigenvalue weighted by atomic mass is 10.00. The van der Waals surface area contributed by atoms with Crippen molar-refractivity contribution in [1.82, 2.24) is 10.2 Å². The molecule has 0 aromatic heterocycles. The molecule has 23 heavy (non-hydrogen) atoms. The number of hydrogen-bond acceptors (Lipinski definition) is 2. The second-order valence-corrected chi connectivity index (χ2v) is 6.23. The van der Waals surface area contributed by atoms with Gasteiger partial charge in [0, 0.05) is 18.5 Å². The van der Waals surface area contributed by atoms with Crippen LogP contribution in [0, 0.1) is 5.92 Å². The lowest BCUT2D eigenvalue weighted by Gasteiger charge is -2.30. The van der Waals surface area contributed by atoms with Crippen molar-refractivity contribution in [3.63, 3.8) is 0 Å². The van der Waals surface area contributed by atoms with Crippen LogP contribution < -0.4 is 10.1 Å². The minimum Gasteiger partial charge on any atom is -0.491 e. The summed E-state index contributed by atoms with van der Waals surface area (Å²) >= 11 is 0. The van der Waals surface area contributed by atoms with Gasteiger partial charge in [-0.05, 0) is 30.2 Å². The van der Waals surface area contributed by atoms with Gasteiger partial charge in [0.15, 0.2) is 0 Å². The average Bonchev–Trinajstić information content (AvgIpc) is 2.59. The molecule has 0 unspecified atom stereocenters. The van der Waals surface area contributed by atoms with Gasteiger partial charge in [0.2, 0.25) is 0 Å². The maximum atomic E-state index is 12.1. The zero-order valence-electron chi connectivity index (χ0n) is 13.6. The summed E-state index contributed by atoms with van der Waals surface area (Å²) in [5.41, 5.74) is 0. The van der Waals surface area contributed by atoms with Crippen molar-refractivity contribution in [1.29, 1.82) is 0 Å². The Kier molecular flexibility index (Phi) is 5.01. The predicted molar refractivity (Wildman–Crippen MR) is 92.8 cm³/mol. The van der Waals surface area contributed by atoms with Crippen LogP contribution in [-0.2, 0) is 0 Å². The van der Waals surface area contributed by atoms with Crippen LogP contribution in [0.4, 0.5) is 4.79 Å². The van der Waals surface area contributed by atoms with Gasteiger partial charge in [-0.25, -0.2) is 4.79 Å². The Morgan fingerprint density at radius 1 is 1.17 bits per heavy atom. The van der Waals surface area contributed by atoms with Gasteiger partial charge in [-0.2, -0.15) is 0 Å². The van der Waals surface area contributed by atoms with Crippen molar-refractivity contribution >= 4 is 16.8 Å². The first kappa shape index (κ1) is 15.7. The van der Waals surface area contributed by atoms with E-state index in [2.05, 4.69) is 30.4 Å². The molecule has 0 saturated carbocycles. The third-order valence-corrected chi connectivity index (χ3v) is 4.46. The molecule has 1 heterocycles. The Morgan fingerprint density at radius 3 is 2.74 bits per heavy atom. The number of amides is 2. The minimum atomic E-state index is 0.0263. The fraction of sp³-hybridized carbons (Fsp3) is 0.421. The number of likely N-dealkylation sites (tertiary alicyclic amines) is 1. The van der Waals surface area contributed by atoms with E-state index < -0.39 is 0 Å². The Morgan fingerprint density at radius 2 is 1.91 bits per heavy atom. The molecule has 1 N–H and O–H groups in total. The van der Waals surface area contributed by atoms with Crippen LogP contribution in [0.25, 0.3) is 10.8 Å². The number of fused-ring (bicyclic) bond motifs is 1. The fourth-order valence-corrected chi connectivity index (χ4v) is 2.96. The summed E-state index contributed by atoms with van der Waals surface area (Å²) in [6.45, 7) is 4.96. The average molecular weight is 312 g/mol. The highest BCUT2D eigenvalue weighted by atomic mass is 16.5. The lowest BCUT2D eigenvalue weighted by Crippen LogP contribution is -2.45. The molecule has 1 aliphatic rings. The highest BCUT2D eigenvalue weighted by Crippen LogP contribution is 2.24. The van der Waals surface area contributed by atoms with Gasteiger partial charge in [-0.15, -0.1) is 0 Å². The van der Waals surface area contributed by atoms with Crippen molar-refractivity contribution in [3.05, 3.63) is 42.5 Å². The van der Waals surface area contributed by atoms with Gasteiger partial charge in [0.25, 0.3) is 0 Å². The van der Waals surface area contributed by atoms with Gasteiger partial charge < -0.3 is 15.0 Å². The first-order valence-electron chi connectivity index (χ1n) is 8.37. The number of carbonyl (C=O) groups is 1.